The number of rotatable bonds is 5. The van der Waals surface area contributed by atoms with E-state index in [2.05, 4.69) is 15.6 Å². The van der Waals surface area contributed by atoms with Crippen molar-refractivity contribution in [3.8, 4) is 0 Å². The molecule has 1 aliphatic heterocycles. The average Bonchev–Trinajstić information content (AvgIpc) is 3.04. The van der Waals surface area contributed by atoms with Crippen LogP contribution in [0.25, 0.3) is 0 Å². The first-order chi connectivity index (χ1) is 12.5. The van der Waals surface area contributed by atoms with Crippen LogP contribution in [0.5, 0.6) is 0 Å². The van der Waals surface area contributed by atoms with Gasteiger partial charge in [-0.2, -0.15) is 0 Å². The van der Waals surface area contributed by atoms with E-state index in [0.717, 1.165) is 10.7 Å². The Morgan fingerprint density at radius 2 is 2.12 bits per heavy atom. The minimum atomic E-state index is -0.620. The van der Waals surface area contributed by atoms with E-state index in [4.69, 9.17) is 16.3 Å². The van der Waals surface area contributed by atoms with Crippen molar-refractivity contribution < 1.29 is 14.3 Å². The monoisotopic (exact) mass is 392 g/mol. The van der Waals surface area contributed by atoms with Gasteiger partial charge in [-0.15, -0.1) is 0 Å². The number of halogens is 1. The topological polar surface area (TPSA) is 85.2 Å². The number of carbonyl (C=O) groups excluding carboxylic acids is 2. The standard InChI is InChI=1S/C17H17ClN4O3S/c1-22-8-7-19-17(22)26-9-12-13(15(23)25-2)14(21-16(24)20-12)10-3-5-11(18)6-4-10/h3-8,14H,9H2,1-2H3,(H2,20,21,24)/t14-/m0/s1. The number of esters is 1. The third kappa shape index (κ3) is 3.86. The first-order valence-electron chi connectivity index (χ1n) is 7.74. The van der Waals surface area contributed by atoms with E-state index >= 15 is 0 Å². The van der Waals surface area contributed by atoms with Crippen molar-refractivity contribution in [1.82, 2.24) is 20.2 Å². The van der Waals surface area contributed by atoms with Crippen molar-refractivity contribution in [2.45, 2.75) is 11.2 Å². The lowest BCUT2D eigenvalue weighted by Crippen LogP contribution is -2.46. The Bertz CT molecular complexity index is 863. The van der Waals surface area contributed by atoms with Crippen molar-refractivity contribution in [3.05, 3.63) is 58.5 Å². The first-order valence-corrected chi connectivity index (χ1v) is 9.10. The molecule has 7 nitrogen and oxygen atoms in total. The minimum absolute atomic E-state index is 0.358. The van der Waals surface area contributed by atoms with Crippen molar-refractivity contribution in [2.24, 2.45) is 7.05 Å². The molecule has 1 aromatic carbocycles. The van der Waals surface area contributed by atoms with Gasteiger partial charge in [-0.1, -0.05) is 35.5 Å². The van der Waals surface area contributed by atoms with Crippen LogP contribution in [-0.2, 0) is 16.6 Å². The number of nitrogens with zero attached hydrogens (tertiary/aromatic N) is 2. The summed E-state index contributed by atoms with van der Waals surface area (Å²) in [5, 5.41) is 6.84. The van der Waals surface area contributed by atoms with Crippen LogP contribution >= 0.6 is 23.4 Å². The molecule has 9 heteroatoms. The lowest BCUT2D eigenvalue weighted by Gasteiger charge is -2.29. The molecule has 2 aromatic rings. The third-order valence-electron chi connectivity index (χ3n) is 3.88. The minimum Gasteiger partial charge on any atom is -0.466 e. The molecule has 0 saturated heterocycles. The van der Waals surface area contributed by atoms with Gasteiger partial charge in [0.2, 0.25) is 0 Å². The molecule has 0 radical (unpaired) electrons. The highest BCUT2D eigenvalue weighted by Gasteiger charge is 2.33. The van der Waals surface area contributed by atoms with E-state index in [0.29, 0.717) is 22.0 Å². The summed E-state index contributed by atoms with van der Waals surface area (Å²) in [4.78, 5) is 28.8. The van der Waals surface area contributed by atoms with Crippen molar-refractivity contribution >= 4 is 35.4 Å². The normalized spacial score (nSPS) is 16.9. The van der Waals surface area contributed by atoms with Gasteiger partial charge in [0.15, 0.2) is 5.16 Å². The maximum absolute atomic E-state index is 12.4. The highest BCUT2D eigenvalue weighted by Crippen LogP contribution is 2.30. The Labute approximate surface area is 159 Å². The van der Waals surface area contributed by atoms with Crippen molar-refractivity contribution in [1.29, 1.82) is 0 Å². The molecule has 0 fully saturated rings. The molecule has 1 aromatic heterocycles. The number of aromatic nitrogens is 2. The zero-order valence-electron chi connectivity index (χ0n) is 14.2. The summed E-state index contributed by atoms with van der Waals surface area (Å²) in [6.45, 7) is 0. The second-order valence-corrected chi connectivity index (χ2v) is 6.96. The molecule has 0 bridgehead atoms. The summed E-state index contributed by atoms with van der Waals surface area (Å²) < 4.78 is 6.81. The zero-order chi connectivity index (χ0) is 18.7. The number of carbonyl (C=O) groups is 2. The van der Waals surface area contributed by atoms with Crippen LogP contribution in [0.15, 0.2) is 53.1 Å². The molecule has 1 atom stereocenters. The molecule has 136 valence electrons. The van der Waals surface area contributed by atoms with E-state index in [-0.39, 0.29) is 6.03 Å². The zero-order valence-corrected chi connectivity index (χ0v) is 15.7. The van der Waals surface area contributed by atoms with Gasteiger partial charge < -0.3 is 19.9 Å². The molecule has 0 spiro atoms. The molecule has 2 heterocycles. The molecule has 1 aliphatic rings. The maximum atomic E-state index is 12.4. The number of urea groups is 1. The fourth-order valence-corrected chi connectivity index (χ4v) is 3.64. The molecule has 2 amide bonds. The molecule has 0 aliphatic carbocycles. The summed E-state index contributed by atoms with van der Waals surface area (Å²) in [5.41, 5.74) is 1.59. The maximum Gasteiger partial charge on any atom is 0.338 e. The number of thioether (sulfide) groups is 1. The van der Waals surface area contributed by atoms with Gasteiger partial charge in [-0.05, 0) is 17.7 Å². The summed E-state index contributed by atoms with van der Waals surface area (Å²) >= 11 is 7.36. The smallest absolute Gasteiger partial charge is 0.338 e. The van der Waals surface area contributed by atoms with Gasteiger partial charge in [0.1, 0.15) is 0 Å². The summed E-state index contributed by atoms with van der Waals surface area (Å²) in [6.07, 6.45) is 3.52. The predicted octanol–water partition coefficient (Wildman–Crippen LogP) is 2.65. The predicted molar refractivity (Wildman–Crippen MR) is 98.8 cm³/mol. The van der Waals surface area contributed by atoms with Gasteiger partial charge >= 0.3 is 12.0 Å². The van der Waals surface area contributed by atoms with E-state index in [1.165, 1.54) is 18.9 Å². The third-order valence-corrected chi connectivity index (χ3v) is 5.22. The SMILES string of the molecule is COC(=O)C1=C(CSc2nccn2C)NC(=O)N[C@H]1c1ccc(Cl)cc1. The van der Waals surface area contributed by atoms with E-state index in [1.54, 1.807) is 30.5 Å². The van der Waals surface area contributed by atoms with E-state index < -0.39 is 12.0 Å². The number of imidazole rings is 1. The van der Waals surface area contributed by atoms with Gasteiger partial charge in [0.05, 0.1) is 18.7 Å². The quantitative estimate of drug-likeness (QED) is 0.603. The first kappa shape index (κ1) is 18.3. The fourth-order valence-electron chi connectivity index (χ4n) is 2.62. The van der Waals surface area contributed by atoms with Gasteiger partial charge in [-0.3, -0.25) is 0 Å². The number of amides is 2. The van der Waals surface area contributed by atoms with Gasteiger partial charge in [-0.25, -0.2) is 14.6 Å². The van der Waals surface area contributed by atoms with Crippen LogP contribution in [0.2, 0.25) is 5.02 Å². The summed E-state index contributed by atoms with van der Waals surface area (Å²) in [7, 11) is 3.19. The fraction of sp³-hybridized carbons (Fsp3) is 0.235. The number of aryl methyl sites for hydroxylation is 1. The van der Waals surface area contributed by atoms with Crippen LogP contribution in [0.4, 0.5) is 4.79 Å². The Morgan fingerprint density at radius 3 is 2.73 bits per heavy atom. The highest BCUT2D eigenvalue weighted by atomic mass is 35.5. The second-order valence-electron chi connectivity index (χ2n) is 5.58. The number of benzene rings is 1. The Kier molecular flexibility index (Phi) is 5.53. The number of ether oxygens (including phenoxy) is 1. The number of hydrogen-bond acceptors (Lipinski definition) is 5. The molecule has 3 rings (SSSR count). The van der Waals surface area contributed by atoms with Crippen LogP contribution in [-0.4, -0.2) is 34.4 Å². The molecule has 0 unspecified atom stereocenters. The number of nitrogens with one attached hydrogen (secondary N) is 2. The lowest BCUT2D eigenvalue weighted by atomic mass is 9.95. The van der Waals surface area contributed by atoms with Gasteiger partial charge in [0.25, 0.3) is 0 Å². The van der Waals surface area contributed by atoms with Crippen LogP contribution in [0.1, 0.15) is 11.6 Å². The summed E-state index contributed by atoms with van der Waals surface area (Å²) in [5.74, 6) is -0.139. The molecule has 2 N–H and O–H groups in total. The average molecular weight is 393 g/mol. The Hall–Kier alpha value is -2.45. The largest absolute Gasteiger partial charge is 0.466 e. The molecule has 0 saturated carbocycles. The Balaban J connectivity index is 1.97. The van der Waals surface area contributed by atoms with E-state index in [9.17, 15) is 9.59 Å². The number of hydrogen-bond donors (Lipinski definition) is 2. The molecular weight excluding hydrogens is 376 g/mol. The summed E-state index contributed by atoms with van der Waals surface area (Å²) in [6, 6.07) is 5.96. The molecule has 26 heavy (non-hydrogen) atoms. The van der Waals surface area contributed by atoms with Crippen LogP contribution < -0.4 is 10.6 Å². The lowest BCUT2D eigenvalue weighted by molar-refractivity contribution is -0.136. The highest BCUT2D eigenvalue weighted by molar-refractivity contribution is 7.99. The molecular formula is C17H17ClN4O3S. The number of methoxy groups -OCH3 is 1. The van der Waals surface area contributed by atoms with Gasteiger partial charge in [0, 0.05) is 35.9 Å². The van der Waals surface area contributed by atoms with Crippen LogP contribution in [0, 0.1) is 0 Å². The van der Waals surface area contributed by atoms with Crippen molar-refractivity contribution in [2.75, 3.05) is 12.9 Å². The van der Waals surface area contributed by atoms with Crippen molar-refractivity contribution in [3.63, 3.8) is 0 Å². The Morgan fingerprint density at radius 1 is 1.38 bits per heavy atom. The van der Waals surface area contributed by atoms with Crippen LogP contribution in [0.3, 0.4) is 0 Å². The van der Waals surface area contributed by atoms with E-state index in [1.807, 2.05) is 17.8 Å². The second kappa shape index (κ2) is 7.84.